The third-order valence-electron chi connectivity index (χ3n) is 2.10. The van der Waals surface area contributed by atoms with Gasteiger partial charge in [0.2, 0.25) is 0 Å². The average Bonchev–Trinajstić information content (AvgIpc) is 2.32. The monoisotopic (exact) mass is 266 g/mol. The number of ether oxygens (including phenoxy) is 1. The fourth-order valence-electron chi connectivity index (χ4n) is 1.06. The van der Waals surface area contributed by atoms with Gasteiger partial charge in [-0.1, -0.05) is 0 Å². The van der Waals surface area contributed by atoms with Crippen molar-refractivity contribution >= 4 is 18.2 Å². The van der Waals surface area contributed by atoms with Crippen molar-refractivity contribution < 1.29 is 44.7 Å². The van der Waals surface area contributed by atoms with Gasteiger partial charge in [-0.05, 0) is 6.92 Å². The molecule has 9 nitrogen and oxygen atoms in total. The molecule has 0 amide bonds. The van der Waals surface area contributed by atoms with Gasteiger partial charge in [0.05, 0.1) is 0 Å². The number of carbonyl (C=O) groups excluding carboxylic acids is 1. The predicted octanol–water partition coefficient (Wildman–Crippen LogP) is -2.79. The summed E-state index contributed by atoms with van der Waals surface area (Å²) in [5.74, 6) is -3.26. The van der Waals surface area contributed by atoms with Gasteiger partial charge in [-0.2, -0.15) is 0 Å². The van der Waals surface area contributed by atoms with Gasteiger partial charge in [-0.3, -0.25) is 0 Å². The lowest BCUT2D eigenvalue weighted by atomic mass is 10.0. The van der Waals surface area contributed by atoms with Crippen LogP contribution in [0.5, 0.6) is 0 Å². The van der Waals surface area contributed by atoms with Crippen molar-refractivity contribution in [1.29, 1.82) is 0 Å². The number of carboxylic acid groups (broad SMARTS) is 2. The van der Waals surface area contributed by atoms with Crippen LogP contribution >= 0.6 is 0 Å². The van der Waals surface area contributed by atoms with Crippen LogP contribution in [0.15, 0.2) is 0 Å². The molecule has 0 aromatic carbocycles. The molecule has 5 atom stereocenters. The van der Waals surface area contributed by atoms with Gasteiger partial charge in [0.15, 0.2) is 18.5 Å². The quantitative estimate of drug-likeness (QED) is 0.292. The Hall–Kier alpha value is -1.55. The molecule has 0 aliphatic heterocycles. The summed E-state index contributed by atoms with van der Waals surface area (Å²) >= 11 is 0. The highest BCUT2D eigenvalue weighted by Crippen LogP contribution is 2.12. The van der Waals surface area contributed by atoms with Crippen LogP contribution in [0.1, 0.15) is 6.92 Å². The average molecular weight is 266 g/mol. The van der Waals surface area contributed by atoms with Gasteiger partial charge >= 0.3 is 11.9 Å². The summed E-state index contributed by atoms with van der Waals surface area (Å²) < 4.78 is 4.64. The molecule has 0 spiro atoms. The Bertz CT molecular complexity index is 315. The Morgan fingerprint density at radius 1 is 1.11 bits per heavy atom. The number of aliphatic hydroxyl groups excluding tert-OH is 3. The van der Waals surface area contributed by atoms with E-state index < -0.39 is 42.5 Å². The van der Waals surface area contributed by atoms with Gasteiger partial charge in [-0.25, -0.2) is 9.59 Å². The Kier molecular flexibility index (Phi) is 6.41. The fraction of sp³-hybridized carbons (Fsp3) is 0.667. The zero-order valence-electron chi connectivity index (χ0n) is 9.33. The van der Waals surface area contributed by atoms with Crippen LogP contribution in [0.2, 0.25) is 0 Å². The summed E-state index contributed by atoms with van der Waals surface area (Å²) in [5, 5.41) is 44.7. The molecule has 5 N–H and O–H groups in total. The zero-order valence-corrected chi connectivity index (χ0v) is 9.33. The van der Waals surface area contributed by atoms with Crippen molar-refractivity contribution in [2.45, 2.75) is 37.4 Å². The topological polar surface area (TPSA) is 162 Å². The molecule has 0 unspecified atom stereocenters. The standard InChI is InChI=1S/C9H14O9/c1-3(8(14)15)18-7(4(11)2-10)5(12)6(13)9(16)17/h2-7,11-13H,1H3,(H,14,15)(H,16,17)/t3-,4+,5-,6+,7-/m1/s1. The number of carboxylic acids is 2. The second kappa shape index (κ2) is 7.01. The van der Waals surface area contributed by atoms with E-state index in [1.54, 1.807) is 0 Å². The van der Waals surface area contributed by atoms with E-state index in [1.807, 2.05) is 0 Å². The maximum Gasteiger partial charge on any atom is 0.335 e. The van der Waals surface area contributed by atoms with Crippen LogP contribution in [0.4, 0.5) is 0 Å². The van der Waals surface area contributed by atoms with E-state index in [2.05, 4.69) is 4.74 Å². The summed E-state index contributed by atoms with van der Waals surface area (Å²) in [4.78, 5) is 31.3. The van der Waals surface area contributed by atoms with E-state index in [-0.39, 0.29) is 6.29 Å². The van der Waals surface area contributed by atoms with Crippen molar-refractivity contribution in [2.75, 3.05) is 0 Å². The van der Waals surface area contributed by atoms with E-state index in [4.69, 9.17) is 15.3 Å². The largest absolute Gasteiger partial charge is 0.479 e. The van der Waals surface area contributed by atoms with Crippen LogP contribution in [0, 0.1) is 0 Å². The molecule has 0 aromatic rings. The van der Waals surface area contributed by atoms with Gasteiger partial charge in [0, 0.05) is 0 Å². The van der Waals surface area contributed by atoms with E-state index in [1.165, 1.54) is 0 Å². The minimum Gasteiger partial charge on any atom is -0.479 e. The molecular formula is C9H14O9. The highest BCUT2D eigenvalue weighted by Gasteiger charge is 2.38. The molecule has 0 bridgehead atoms. The van der Waals surface area contributed by atoms with Crippen molar-refractivity contribution in [3.05, 3.63) is 0 Å². The van der Waals surface area contributed by atoms with Crippen LogP contribution < -0.4 is 0 Å². The molecule has 0 saturated carbocycles. The van der Waals surface area contributed by atoms with Gasteiger partial charge in [0.1, 0.15) is 18.3 Å². The maximum absolute atomic E-state index is 10.5. The summed E-state index contributed by atoms with van der Waals surface area (Å²) in [7, 11) is 0. The highest BCUT2D eigenvalue weighted by atomic mass is 16.5. The van der Waals surface area contributed by atoms with Crippen molar-refractivity contribution in [1.82, 2.24) is 0 Å². The number of aliphatic hydroxyl groups is 3. The Balaban J connectivity index is 4.93. The minimum absolute atomic E-state index is 0.0724. The minimum atomic E-state index is -2.33. The smallest absolute Gasteiger partial charge is 0.335 e. The lowest BCUT2D eigenvalue weighted by Crippen LogP contribution is -2.51. The molecule has 0 aliphatic carbocycles. The number of rotatable bonds is 8. The first-order chi connectivity index (χ1) is 8.22. The van der Waals surface area contributed by atoms with Crippen LogP contribution in [-0.4, -0.2) is 74.3 Å². The Morgan fingerprint density at radius 2 is 1.61 bits per heavy atom. The number of hydrogen-bond acceptors (Lipinski definition) is 7. The zero-order chi connectivity index (χ0) is 14.5. The molecule has 0 aromatic heterocycles. The second-order valence-corrected chi connectivity index (χ2v) is 3.48. The molecule has 0 heterocycles. The van der Waals surface area contributed by atoms with Crippen molar-refractivity contribution in [2.24, 2.45) is 0 Å². The van der Waals surface area contributed by atoms with E-state index in [9.17, 15) is 24.6 Å². The fourth-order valence-corrected chi connectivity index (χ4v) is 1.06. The van der Waals surface area contributed by atoms with Gasteiger partial charge in [0.25, 0.3) is 0 Å². The Morgan fingerprint density at radius 3 is 1.94 bits per heavy atom. The van der Waals surface area contributed by atoms with Crippen LogP contribution in [0.3, 0.4) is 0 Å². The lowest BCUT2D eigenvalue weighted by Gasteiger charge is -2.28. The molecular weight excluding hydrogens is 252 g/mol. The first-order valence-electron chi connectivity index (χ1n) is 4.83. The summed E-state index contributed by atoms with van der Waals surface area (Å²) in [6, 6.07) is 0. The van der Waals surface area contributed by atoms with Crippen LogP contribution in [0.25, 0.3) is 0 Å². The molecule has 0 saturated heterocycles. The highest BCUT2D eigenvalue weighted by molar-refractivity contribution is 5.73. The molecule has 0 fully saturated rings. The van der Waals surface area contributed by atoms with E-state index in [0.29, 0.717) is 0 Å². The number of aldehydes is 1. The SMILES string of the molecule is C[C@@H](O[C@@H]([C@H](O)[C@H](O)C(=O)O)[C@@H](O)C=O)C(=O)O. The second-order valence-electron chi connectivity index (χ2n) is 3.48. The van der Waals surface area contributed by atoms with Crippen molar-refractivity contribution in [3.8, 4) is 0 Å². The number of hydrogen-bond donors (Lipinski definition) is 5. The molecule has 0 radical (unpaired) electrons. The molecule has 18 heavy (non-hydrogen) atoms. The third-order valence-corrected chi connectivity index (χ3v) is 2.10. The van der Waals surface area contributed by atoms with Crippen LogP contribution in [-0.2, 0) is 19.1 Å². The molecule has 104 valence electrons. The van der Waals surface area contributed by atoms with E-state index >= 15 is 0 Å². The molecule has 9 heteroatoms. The van der Waals surface area contributed by atoms with E-state index in [0.717, 1.165) is 6.92 Å². The molecule has 0 rings (SSSR count). The first-order valence-corrected chi connectivity index (χ1v) is 4.83. The normalized spacial score (nSPS) is 19.3. The Labute approximate surface area is 101 Å². The lowest BCUT2D eigenvalue weighted by molar-refractivity contribution is -0.183. The third kappa shape index (κ3) is 4.37. The first kappa shape index (κ1) is 16.4. The summed E-state index contributed by atoms with van der Waals surface area (Å²) in [6.07, 6.45) is -9.93. The summed E-state index contributed by atoms with van der Waals surface area (Å²) in [5.41, 5.74) is 0. The number of carbonyl (C=O) groups is 3. The van der Waals surface area contributed by atoms with Gasteiger partial charge < -0.3 is 35.1 Å². The molecule has 0 aliphatic rings. The summed E-state index contributed by atoms with van der Waals surface area (Å²) in [6.45, 7) is 1.05. The number of aliphatic carboxylic acids is 2. The predicted molar refractivity (Wildman–Crippen MR) is 53.7 cm³/mol. The maximum atomic E-state index is 10.5. The van der Waals surface area contributed by atoms with Crippen molar-refractivity contribution in [3.63, 3.8) is 0 Å². The van der Waals surface area contributed by atoms with Gasteiger partial charge in [-0.15, -0.1) is 0 Å².